The van der Waals surface area contributed by atoms with Gasteiger partial charge in [-0.2, -0.15) is 0 Å². The number of hydrogen-bond donors (Lipinski definition) is 0. The summed E-state index contributed by atoms with van der Waals surface area (Å²) in [6, 6.07) is 6.86. The van der Waals surface area contributed by atoms with Gasteiger partial charge in [0.25, 0.3) is 0 Å². The van der Waals surface area contributed by atoms with Gasteiger partial charge >= 0.3 is 11.9 Å². The maximum atomic E-state index is 12.2. The molecule has 26 heavy (non-hydrogen) atoms. The van der Waals surface area contributed by atoms with Crippen molar-refractivity contribution in [3.8, 4) is 11.5 Å². The van der Waals surface area contributed by atoms with Crippen LogP contribution in [0.2, 0.25) is 0 Å². The molecule has 0 saturated carbocycles. The predicted octanol–water partition coefficient (Wildman–Crippen LogP) is 6.07. The summed E-state index contributed by atoms with van der Waals surface area (Å²) in [7, 11) is 0. The Morgan fingerprint density at radius 3 is 1.92 bits per heavy atom. The summed E-state index contributed by atoms with van der Waals surface area (Å²) in [5.74, 6) is -0.0429. The predicted molar refractivity (Wildman–Crippen MR) is 104 cm³/mol. The molecule has 0 bridgehead atoms. The molecule has 0 aliphatic rings. The van der Waals surface area contributed by atoms with Crippen molar-refractivity contribution < 1.29 is 19.1 Å². The number of para-hydroxylation sites is 2. The first-order chi connectivity index (χ1) is 12.6. The quantitative estimate of drug-likeness (QED) is 0.243. The number of esters is 2. The number of hydrogen-bond acceptors (Lipinski definition) is 4. The molecule has 0 amide bonds. The Balaban J connectivity index is 2.44. The Morgan fingerprint density at radius 2 is 1.35 bits per heavy atom. The fraction of sp³-hybridized carbons (Fsp3) is 0.636. The van der Waals surface area contributed by atoms with Crippen molar-refractivity contribution >= 4 is 11.9 Å². The normalized spacial score (nSPS) is 10.8. The van der Waals surface area contributed by atoms with Gasteiger partial charge in [-0.3, -0.25) is 9.59 Å². The number of carbonyl (C=O) groups is 2. The molecule has 0 aromatic heterocycles. The molecule has 0 aliphatic heterocycles. The molecule has 0 aliphatic carbocycles. The van der Waals surface area contributed by atoms with Crippen molar-refractivity contribution in [2.24, 2.45) is 5.92 Å². The zero-order valence-electron chi connectivity index (χ0n) is 16.6. The molecule has 0 atom stereocenters. The summed E-state index contributed by atoms with van der Waals surface area (Å²) in [6.07, 6.45) is 9.94. The lowest BCUT2D eigenvalue weighted by atomic mass is 10.0. The summed E-state index contributed by atoms with van der Waals surface area (Å²) in [6.45, 7) is 6.13. The monoisotopic (exact) mass is 362 g/mol. The van der Waals surface area contributed by atoms with Gasteiger partial charge in [-0.1, -0.05) is 71.4 Å². The highest BCUT2D eigenvalue weighted by atomic mass is 16.6. The molecule has 146 valence electrons. The van der Waals surface area contributed by atoms with Crippen LogP contribution in [0.1, 0.15) is 85.0 Å². The number of rotatable bonds is 13. The average molecular weight is 363 g/mol. The highest BCUT2D eigenvalue weighted by Crippen LogP contribution is 2.28. The first-order valence-corrected chi connectivity index (χ1v) is 10.1. The van der Waals surface area contributed by atoms with Gasteiger partial charge in [0.2, 0.25) is 0 Å². The Labute approximate surface area is 158 Å². The highest BCUT2D eigenvalue weighted by molar-refractivity contribution is 5.77. The lowest BCUT2D eigenvalue weighted by Gasteiger charge is -2.14. The molecule has 4 heteroatoms. The first kappa shape index (κ1) is 22.2. The van der Waals surface area contributed by atoms with E-state index >= 15 is 0 Å². The van der Waals surface area contributed by atoms with Gasteiger partial charge in [0.05, 0.1) is 5.92 Å². The standard InChI is InChI=1S/C22H34O4/c1-4-7-8-9-10-11-12-17-21(23)25-19-15-13-14-16-20(19)26-22(24)18(5-2)6-3/h13-16,18H,4-12,17H2,1-3H3. The Hall–Kier alpha value is -1.84. The van der Waals surface area contributed by atoms with Gasteiger partial charge in [0, 0.05) is 6.42 Å². The molecule has 1 aromatic rings. The second-order valence-corrected chi connectivity index (χ2v) is 6.73. The van der Waals surface area contributed by atoms with E-state index in [1.165, 1.54) is 25.7 Å². The molecule has 1 rings (SSSR count). The van der Waals surface area contributed by atoms with Crippen LogP contribution in [0.15, 0.2) is 24.3 Å². The smallest absolute Gasteiger partial charge is 0.314 e. The topological polar surface area (TPSA) is 52.6 Å². The number of unbranched alkanes of at least 4 members (excludes halogenated alkanes) is 6. The molecule has 0 unspecified atom stereocenters. The molecular weight excluding hydrogens is 328 g/mol. The largest absolute Gasteiger partial charge is 0.423 e. The second-order valence-electron chi connectivity index (χ2n) is 6.73. The minimum Gasteiger partial charge on any atom is -0.423 e. The van der Waals surface area contributed by atoms with Gasteiger partial charge in [0.1, 0.15) is 0 Å². The first-order valence-electron chi connectivity index (χ1n) is 10.1. The van der Waals surface area contributed by atoms with E-state index in [1.807, 2.05) is 13.8 Å². The molecule has 0 saturated heterocycles. The van der Waals surface area contributed by atoms with Gasteiger partial charge in [-0.05, 0) is 31.4 Å². The average Bonchev–Trinajstić information content (AvgIpc) is 2.63. The van der Waals surface area contributed by atoms with Gasteiger partial charge in [-0.15, -0.1) is 0 Å². The van der Waals surface area contributed by atoms with Crippen molar-refractivity contribution in [3.05, 3.63) is 24.3 Å². The van der Waals surface area contributed by atoms with Crippen LogP contribution in [0.5, 0.6) is 11.5 Å². The van der Waals surface area contributed by atoms with Crippen LogP contribution in [0.25, 0.3) is 0 Å². The van der Waals surface area contributed by atoms with Crippen LogP contribution >= 0.6 is 0 Å². The zero-order chi connectivity index (χ0) is 19.2. The lowest BCUT2D eigenvalue weighted by molar-refractivity contribution is -0.140. The van der Waals surface area contributed by atoms with Crippen LogP contribution in [-0.4, -0.2) is 11.9 Å². The zero-order valence-corrected chi connectivity index (χ0v) is 16.6. The Morgan fingerprint density at radius 1 is 0.808 bits per heavy atom. The van der Waals surface area contributed by atoms with Gasteiger partial charge in [0.15, 0.2) is 11.5 Å². The van der Waals surface area contributed by atoms with E-state index in [0.717, 1.165) is 32.1 Å². The third-order valence-corrected chi connectivity index (χ3v) is 4.59. The summed E-state index contributed by atoms with van der Waals surface area (Å²) < 4.78 is 10.9. The second kappa shape index (κ2) is 13.4. The van der Waals surface area contributed by atoms with E-state index in [1.54, 1.807) is 24.3 Å². The van der Waals surface area contributed by atoms with Crippen LogP contribution in [0.3, 0.4) is 0 Å². The molecule has 0 fully saturated rings. The molecule has 0 N–H and O–H groups in total. The maximum absolute atomic E-state index is 12.2. The van der Waals surface area contributed by atoms with Crippen LogP contribution in [-0.2, 0) is 9.59 Å². The van der Waals surface area contributed by atoms with E-state index in [9.17, 15) is 9.59 Å². The fourth-order valence-corrected chi connectivity index (χ4v) is 2.83. The van der Waals surface area contributed by atoms with E-state index in [0.29, 0.717) is 17.9 Å². The lowest BCUT2D eigenvalue weighted by Crippen LogP contribution is -2.20. The molecule has 0 heterocycles. The van der Waals surface area contributed by atoms with Crippen molar-refractivity contribution in [2.45, 2.75) is 85.0 Å². The maximum Gasteiger partial charge on any atom is 0.314 e. The highest BCUT2D eigenvalue weighted by Gasteiger charge is 2.19. The van der Waals surface area contributed by atoms with Crippen molar-refractivity contribution in [2.75, 3.05) is 0 Å². The molecule has 1 aromatic carbocycles. The van der Waals surface area contributed by atoms with E-state index < -0.39 is 0 Å². The molecule has 0 radical (unpaired) electrons. The molecular formula is C22H34O4. The number of carbonyl (C=O) groups excluding carboxylic acids is 2. The fourth-order valence-electron chi connectivity index (χ4n) is 2.83. The third-order valence-electron chi connectivity index (χ3n) is 4.59. The minimum atomic E-state index is -0.274. The van der Waals surface area contributed by atoms with E-state index in [2.05, 4.69) is 6.92 Å². The van der Waals surface area contributed by atoms with Crippen LogP contribution in [0, 0.1) is 5.92 Å². The number of ether oxygens (including phenoxy) is 2. The number of benzene rings is 1. The van der Waals surface area contributed by atoms with Crippen LogP contribution in [0.4, 0.5) is 0 Å². The molecule has 4 nitrogen and oxygen atoms in total. The minimum absolute atomic E-state index is 0.133. The SMILES string of the molecule is CCCCCCCCCC(=O)Oc1ccccc1OC(=O)C(CC)CC. The third kappa shape index (κ3) is 8.50. The van der Waals surface area contributed by atoms with Gasteiger partial charge in [-0.25, -0.2) is 0 Å². The van der Waals surface area contributed by atoms with E-state index in [-0.39, 0.29) is 17.9 Å². The van der Waals surface area contributed by atoms with Crippen molar-refractivity contribution in [1.82, 2.24) is 0 Å². The Bertz CT molecular complexity index is 535. The summed E-state index contributed by atoms with van der Waals surface area (Å²) in [4.78, 5) is 24.2. The summed E-state index contributed by atoms with van der Waals surface area (Å²) in [5, 5.41) is 0. The summed E-state index contributed by atoms with van der Waals surface area (Å²) >= 11 is 0. The van der Waals surface area contributed by atoms with Gasteiger partial charge < -0.3 is 9.47 Å². The van der Waals surface area contributed by atoms with E-state index in [4.69, 9.17) is 9.47 Å². The van der Waals surface area contributed by atoms with Crippen LogP contribution < -0.4 is 9.47 Å². The summed E-state index contributed by atoms with van der Waals surface area (Å²) in [5.41, 5.74) is 0. The molecule has 0 spiro atoms. The Kier molecular flexibility index (Phi) is 11.4. The van der Waals surface area contributed by atoms with Crippen molar-refractivity contribution in [1.29, 1.82) is 0 Å². The van der Waals surface area contributed by atoms with Crippen molar-refractivity contribution in [3.63, 3.8) is 0 Å².